The predicted octanol–water partition coefficient (Wildman–Crippen LogP) is 2.90. The average molecular weight is 537 g/mol. The molecule has 3 rings (SSSR count). The summed E-state index contributed by atoms with van der Waals surface area (Å²) in [6, 6.07) is 7.76. The third kappa shape index (κ3) is 7.37. The van der Waals surface area contributed by atoms with Crippen molar-refractivity contribution in [1.82, 2.24) is 9.78 Å². The highest BCUT2D eigenvalue weighted by Crippen LogP contribution is 2.31. The Morgan fingerprint density at radius 1 is 1.00 bits per heavy atom. The van der Waals surface area contributed by atoms with Gasteiger partial charge in [-0.25, -0.2) is 4.79 Å². The quantitative estimate of drug-likeness (QED) is 0.388. The van der Waals surface area contributed by atoms with Crippen LogP contribution in [0.1, 0.15) is 64.4 Å². The monoisotopic (exact) mass is 536 g/mol. The molecule has 1 fully saturated rings. The Kier molecular flexibility index (Phi) is 10.00. The summed E-state index contributed by atoms with van der Waals surface area (Å²) in [6.45, 7) is 12.8. The highest BCUT2D eigenvalue weighted by molar-refractivity contribution is 5.60. The first-order chi connectivity index (χ1) is 17.9. The SMILES string of the molecule is Cc1c(Cc2ccc(OC(C)C)cc2)c(O[C@@H]2O[C@H](COC(=O)OC(C)C)[C@@H](O)[C@H](O)[C@H]2O)nn1C(C)C. The molecule has 0 unspecified atom stereocenters. The maximum absolute atomic E-state index is 11.8. The highest BCUT2D eigenvalue weighted by Gasteiger charge is 2.46. The smallest absolute Gasteiger partial charge is 0.491 e. The van der Waals surface area contributed by atoms with Crippen molar-refractivity contribution >= 4 is 6.16 Å². The number of aromatic nitrogens is 2. The zero-order chi connectivity index (χ0) is 28.1. The summed E-state index contributed by atoms with van der Waals surface area (Å²) in [5, 5.41) is 36.0. The molecule has 0 saturated carbocycles. The molecular formula is C27H40N2O9. The summed E-state index contributed by atoms with van der Waals surface area (Å²) in [7, 11) is 0. The molecule has 11 nitrogen and oxygen atoms in total. The van der Waals surface area contributed by atoms with E-state index in [4.69, 9.17) is 23.7 Å². The predicted molar refractivity (Wildman–Crippen MR) is 137 cm³/mol. The highest BCUT2D eigenvalue weighted by atomic mass is 16.7. The normalized spacial score (nSPS) is 23.7. The molecule has 11 heteroatoms. The van der Waals surface area contributed by atoms with Gasteiger partial charge < -0.3 is 39.0 Å². The number of aliphatic hydroxyl groups is 3. The fourth-order valence-electron chi connectivity index (χ4n) is 4.13. The van der Waals surface area contributed by atoms with Crippen LogP contribution in [0.15, 0.2) is 24.3 Å². The van der Waals surface area contributed by atoms with Crippen LogP contribution in [0.2, 0.25) is 0 Å². The lowest BCUT2D eigenvalue weighted by Gasteiger charge is -2.39. The Labute approximate surface area is 223 Å². The van der Waals surface area contributed by atoms with E-state index in [0.717, 1.165) is 22.6 Å². The van der Waals surface area contributed by atoms with Crippen LogP contribution >= 0.6 is 0 Å². The number of ether oxygens (including phenoxy) is 5. The van der Waals surface area contributed by atoms with Crippen molar-refractivity contribution in [3.8, 4) is 11.6 Å². The van der Waals surface area contributed by atoms with Crippen LogP contribution in [0, 0.1) is 6.92 Å². The maximum atomic E-state index is 11.8. The average Bonchev–Trinajstić information content (AvgIpc) is 3.14. The number of carbonyl (C=O) groups excluding carboxylic acids is 1. The van der Waals surface area contributed by atoms with Crippen LogP contribution in [0.3, 0.4) is 0 Å². The van der Waals surface area contributed by atoms with Gasteiger partial charge in [0.2, 0.25) is 12.2 Å². The molecule has 0 bridgehead atoms. The number of hydrogen-bond acceptors (Lipinski definition) is 10. The number of aliphatic hydroxyl groups excluding tert-OH is 3. The minimum absolute atomic E-state index is 0.0330. The standard InChI is InChI=1S/C27H40N2O9/c1-14(2)29-17(7)20(12-18-8-10-19(11-9-18)35-15(3)4)25(28-29)38-26-24(32)23(31)22(30)21(37-26)13-34-27(33)36-16(5)6/h8-11,14-16,21-24,26,30-32H,12-13H2,1-7H3/t21-,22-,23+,24-,26+/m1/s1. The molecule has 38 heavy (non-hydrogen) atoms. The molecule has 0 radical (unpaired) electrons. The van der Waals surface area contributed by atoms with Gasteiger partial charge in [-0.1, -0.05) is 12.1 Å². The largest absolute Gasteiger partial charge is 0.508 e. The summed E-state index contributed by atoms with van der Waals surface area (Å²) < 4.78 is 29.2. The van der Waals surface area contributed by atoms with Crippen LogP contribution in [-0.4, -0.2) is 80.8 Å². The van der Waals surface area contributed by atoms with E-state index >= 15 is 0 Å². The maximum Gasteiger partial charge on any atom is 0.508 e. The summed E-state index contributed by atoms with van der Waals surface area (Å²) in [4.78, 5) is 11.8. The van der Waals surface area contributed by atoms with Gasteiger partial charge in [0, 0.05) is 23.7 Å². The molecule has 1 aliphatic heterocycles. The Morgan fingerprint density at radius 2 is 1.66 bits per heavy atom. The van der Waals surface area contributed by atoms with Crippen molar-refractivity contribution < 1.29 is 43.8 Å². The van der Waals surface area contributed by atoms with E-state index in [1.807, 2.05) is 63.6 Å². The number of carbonyl (C=O) groups is 1. The molecule has 1 saturated heterocycles. The number of rotatable bonds is 10. The second-order valence-electron chi connectivity index (χ2n) is 10.3. The summed E-state index contributed by atoms with van der Waals surface area (Å²) in [6.07, 6.45) is -8.01. The van der Waals surface area contributed by atoms with Crippen LogP contribution in [0.4, 0.5) is 4.79 Å². The van der Waals surface area contributed by atoms with Gasteiger partial charge in [-0.3, -0.25) is 4.68 Å². The molecular weight excluding hydrogens is 496 g/mol. The van der Waals surface area contributed by atoms with E-state index < -0.39 is 43.5 Å². The lowest BCUT2D eigenvalue weighted by molar-refractivity contribution is -0.278. The number of benzene rings is 1. The molecule has 0 amide bonds. The lowest BCUT2D eigenvalue weighted by atomic mass is 9.99. The first kappa shape index (κ1) is 29.7. The number of hydrogen-bond donors (Lipinski definition) is 3. The van der Waals surface area contributed by atoms with E-state index in [1.165, 1.54) is 0 Å². The van der Waals surface area contributed by atoms with Crippen LogP contribution < -0.4 is 9.47 Å². The van der Waals surface area contributed by atoms with E-state index in [-0.39, 0.29) is 24.1 Å². The van der Waals surface area contributed by atoms with Crippen molar-refractivity contribution in [2.75, 3.05) is 6.61 Å². The summed E-state index contributed by atoms with van der Waals surface area (Å²) in [5.41, 5.74) is 2.65. The molecule has 1 aliphatic rings. The van der Waals surface area contributed by atoms with Crippen molar-refractivity contribution in [2.45, 2.75) is 104 Å². The van der Waals surface area contributed by atoms with Gasteiger partial charge in [-0.2, -0.15) is 0 Å². The third-order valence-electron chi connectivity index (χ3n) is 6.00. The molecule has 1 aromatic heterocycles. The molecule has 0 aliphatic carbocycles. The fraction of sp³-hybridized carbons (Fsp3) is 0.630. The van der Waals surface area contributed by atoms with E-state index in [0.29, 0.717) is 6.42 Å². The Hall–Kier alpha value is -2.86. The zero-order valence-electron chi connectivity index (χ0n) is 23.0. The van der Waals surface area contributed by atoms with E-state index in [2.05, 4.69) is 5.10 Å². The van der Waals surface area contributed by atoms with E-state index in [1.54, 1.807) is 13.8 Å². The van der Waals surface area contributed by atoms with Gasteiger partial charge >= 0.3 is 6.16 Å². The summed E-state index contributed by atoms with van der Waals surface area (Å²) >= 11 is 0. The first-order valence-electron chi connectivity index (χ1n) is 12.9. The Bertz CT molecular complexity index is 1050. The molecule has 2 aromatic rings. The topological polar surface area (TPSA) is 142 Å². The zero-order valence-corrected chi connectivity index (χ0v) is 23.0. The third-order valence-corrected chi connectivity index (χ3v) is 6.00. The van der Waals surface area contributed by atoms with Gasteiger partial charge in [-0.05, 0) is 66.2 Å². The van der Waals surface area contributed by atoms with Crippen molar-refractivity contribution in [2.24, 2.45) is 0 Å². The summed E-state index contributed by atoms with van der Waals surface area (Å²) in [5.74, 6) is 0.997. The lowest BCUT2D eigenvalue weighted by Crippen LogP contribution is -2.60. The van der Waals surface area contributed by atoms with Gasteiger partial charge in [0.05, 0.1) is 12.2 Å². The molecule has 0 spiro atoms. The first-order valence-corrected chi connectivity index (χ1v) is 12.9. The molecule has 5 atom stereocenters. The Morgan fingerprint density at radius 3 is 2.24 bits per heavy atom. The molecule has 1 aromatic carbocycles. The van der Waals surface area contributed by atoms with Gasteiger partial charge in [0.25, 0.3) is 0 Å². The molecule has 3 N–H and O–H groups in total. The number of nitrogens with zero attached hydrogens (tertiary/aromatic N) is 2. The van der Waals surface area contributed by atoms with Gasteiger partial charge in [0.1, 0.15) is 36.8 Å². The van der Waals surface area contributed by atoms with Crippen LogP contribution in [-0.2, 0) is 20.6 Å². The molecule has 212 valence electrons. The van der Waals surface area contributed by atoms with Crippen LogP contribution in [0.5, 0.6) is 11.6 Å². The van der Waals surface area contributed by atoms with E-state index in [9.17, 15) is 20.1 Å². The fourth-order valence-corrected chi connectivity index (χ4v) is 4.13. The minimum atomic E-state index is -1.60. The Balaban J connectivity index is 1.81. The second kappa shape index (κ2) is 12.8. The van der Waals surface area contributed by atoms with Crippen molar-refractivity contribution in [1.29, 1.82) is 0 Å². The minimum Gasteiger partial charge on any atom is -0.491 e. The van der Waals surface area contributed by atoms with Crippen molar-refractivity contribution in [3.63, 3.8) is 0 Å². The van der Waals surface area contributed by atoms with Crippen LogP contribution in [0.25, 0.3) is 0 Å². The van der Waals surface area contributed by atoms with Gasteiger partial charge in [-0.15, -0.1) is 5.10 Å². The second-order valence-corrected chi connectivity index (χ2v) is 10.3. The van der Waals surface area contributed by atoms with Crippen molar-refractivity contribution in [3.05, 3.63) is 41.1 Å². The molecule has 2 heterocycles. The van der Waals surface area contributed by atoms with Gasteiger partial charge in [0.15, 0.2) is 0 Å².